The van der Waals surface area contributed by atoms with Crippen LogP contribution in [0.25, 0.3) is 0 Å². The van der Waals surface area contributed by atoms with Gasteiger partial charge in [0.1, 0.15) is 5.75 Å². The Labute approximate surface area is 164 Å². The first-order valence-electron chi connectivity index (χ1n) is 8.72. The molecule has 0 saturated heterocycles. The second-order valence-electron chi connectivity index (χ2n) is 7.29. The van der Waals surface area contributed by atoms with Crippen molar-refractivity contribution in [3.8, 4) is 5.75 Å². The number of nitrogens with one attached hydrogen (secondary N) is 1. The van der Waals surface area contributed by atoms with Gasteiger partial charge >= 0.3 is 0 Å². The van der Waals surface area contributed by atoms with Gasteiger partial charge in [0.15, 0.2) is 0 Å². The molecule has 0 radical (unpaired) electrons. The second-order valence-corrected chi connectivity index (χ2v) is 9.53. The fraction of sp³-hybridized carbons (Fsp3) is 0.400. The molecule has 1 aliphatic carbocycles. The first-order chi connectivity index (χ1) is 12.3. The van der Waals surface area contributed by atoms with Gasteiger partial charge in [0, 0.05) is 11.4 Å². The van der Waals surface area contributed by atoms with Crippen LogP contribution in [-0.4, -0.2) is 15.0 Å². The Hall–Kier alpha value is -1.37. The summed E-state index contributed by atoms with van der Waals surface area (Å²) in [6.45, 7) is 4.38. The van der Waals surface area contributed by atoms with Crippen LogP contribution in [0, 0.1) is 5.92 Å². The number of alkyl halides is 1. The van der Waals surface area contributed by atoms with Crippen molar-refractivity contribution in [2.75, 3.05) is 6.61 Å². The lowest BCUT2D eigenvalue weighted by atomic mass is 9.95. The van der Waals surface area contributed by atoms with Crippen molar-refractivity contribution in [2.45, 2.75) is 42.5 Å². The van der Waals surface area contributed by atoms with Crippen LogP contribution in [0.3, 0.4) is 0 Å². The van der Waals surface area contributed by atoms with E-state index >= 15 is 0 Å². The van der Waals surface area contributed by atoms with Crippen molar-refractivity contribution in [3.63, 3.8) is 0 Å². The van der Waals surface area contributed by atoms with Crippen molar-refractivity contribution in [1.82, 2.24) is 4.72 Å². The first kappa shape index (κ1) is 19.4. The summed E-state index contributed by atoms with van der Waals surface area (Å²) in [6, 6.07) is 14.6. The van der Waals surface area contributed by atoms with E-state index in [0.717, 1.165) is 16.5 Å². The summed E-state index contributed by atoms with van der Waals surface area (Å²) in [5, 5.41) is 0.771. The zero-order valence-electron chi connectivity index (χ0n) is 15.0. The SMILES string of the molecule is CC(C)(NS(=O)(=O)c1cccc(OCC2CC2)c1)c1ccc(CBr)cc1. The number of hydrogen-bond acceptors (Lipinski definition) is 3. The van der Waals surface area contributed by atoms with Gasteiger partial charge < -0.3 is 4.74 Å². The number of rotatable bonds is 8. The molecular weight excluding hydrogens is 414 g/mol. The lowest BCUT2D eigenvalue weighted by Crippen LogP contribution is -2.40. The quantitative estimate of drug-likeness (QED) is 0.614. The third kappa shape index (κ3) is 4.87. The van der Waals surface area contributed by atoms with Crippen molar-refractivity contribution in [2.24, 2.45) is 5.92 Å². The summed E-state index contributed by atoms with van der Waals surface area (Å²) in [6.07, 6.45) is 2.39. The molecule has 6 heteroatoms. The number of hydrogen-bond donors (Lipinski definition) is 1. The molecular formula is C20H24BrNO3S. The summed E-state index contributed by atoms with van der Waals surface area (Å²) in [5.74, 6) is 1.22. The van der Waals surface area contributed by atoms with Crippen LogP contribution < -0.4 is 9.46 Å². The molecule has 0 aliphatic heterocycles. The molecule has 0 bridgehead atoms. The van der Waals surface area contributed by atoms with Crippen molar-refractivity contribution in [1.29, 1.82) is 0 Å². The zero-order chi connectivity index (χ0) is 18.8. The minimum atomic E-state index is -3.67. The Morgan fingerprint density at radius 1 is 1.15 bits per heavy atom. The van der Waals surface area contributed by atoms with Gasteiger partial charge in [0.2, 0.25) is 10.0 Å². The predicted molar refractivity (Wildman–Crippen MR) is 107 cm³/mol. The summed E-state index contributed by atoms with van der Waals surface area (Å²) in [5.41, 5.74) is 1.33. The minimum Gasteiger partial charge on any atom is -0.493 e. The van der Waals surface area contributed by atoms with Crippen LogP contribution in [0.2, 0.25) is 0 Å². The molecule has 1 aliphatic rings. The fourth-order valence-corrected chi connectivity index (χ4v) is 4.50. The van der Waals surface area contributed by atoms with Gasteiger partial charge in [-0.25, -0.2) is 13.1 Å². The molecule has 2 aromatic rings. The van der Waals surface area contributed by atoms with Crippen molar-refractivity contribution < 1.29 is 13.2 Å². The Bertz CT molecular complexity index is 859. The molecule has 0 spiro atoms. The van der Waals surface area contributed by atoms with Gasteiger partial charge in [0.05, 0.1) is 17.0 Å². The topological polar surface area (TPSA) is 55.4 Å². The Kier molecular flexibility index (Phi) is 5.75. The van der Waals surface area contributed by atoms with E-state index in [9.17, 15) is 8.42 Å². The van der Waals surface area contributed by atoms with E-state index in [1.807, 2.05) is 38.1 Å². The van der Waals surface area contributed by atoms with E-state index < -0.39 is 15.6 Å². The molecule has 0 heterocycles. The molecule has 1 saturated carbocycles. The molecule has 2 aromatic carbocycles. The standard InChI is InChI=1S/C20H24BrNO3S/c1-20(2,17-10-8-15(13-21)9-11-17)22-26(23,24)19-5-3-4-18(12-19)25-14-16-6-7-16/h3-5,8-12,16,22H,6-7,13-14H2,1-2H3. The largest absolute Gasteiger partial charge is 0.493 e. The molecule has 4 nitrogen and oxygen atoms in total. The maximum atomic E-state index is 12.9. The number of benzene rings is 2. The van der Waals surface area contributed by atoms with Crippen molar-refractivity contribution >= 4 is 26.0 Å². The lowest BCUT2D eigenvalue weighted by molar-refractivity contribution is 0.299. The molecule has 1 N–H and O–H groups in total. The van der Waals surface area contributed by atoms with E-state index in [1.165, 1.54) is 12.8 Å². The van der Waals surface area contributed by atoms with Crippen LogP contribution >= 0.6 is 15.9 Å². The number of sulfonamides is 1. The molecule has 0 atom stereocenters. The highest BCUT2D eigenvalue weighted by atomic mass is 79.9. The Balaban J connectivity index is 1.76. The highest BCUT2D eigenvalue weighted by Gasteiger charge is 2.28. The van der Waals surface area contributed by atoms with Crippen LogP contribution in [-0.2, 0) is 20.9 Å². The monoisotopic (exact) mass is 437 g/mol. The Morgan fingerprint density at radius 2 is 1.85 bits per heavy atom. The smallest absolute Gasteiger partial charge is 0.241 e. The maximum absolute atomic E-state index is 12.9. The summed E-state index contributed by atoms with van der Waals surface area (Å²) in [4.78, 5) is 0.218. The Morgan fingerprint density at radius 3 is 2.46 bits per heavy atom. The third-order valence-electron chi connectivity index (χ3n) is 4.52. The second kappa shape index (κ2) is 7.71. The van der Waals surface area contributed by atoms with Crippen LogP contribution in [0.1, 0.15) is 37.8 Å². The normalized spacial score (nSPS) is 15.0. The van der Waals surface area contributed by atoms with Gasteiger partial charge in [-0.15, -0.1) is 0 Å². The molecule has 0 aromatic heterocycles. The van der Waals surface area contributed by atoms with Crippen LogP contribution in [0.5, 0.6) is 5.75 Å². The molecule has 26 heavy (non-hydrogen) atoms. The average molecular weight is 438 g/mol. The zero-order valence-corrected chi connectivity index (χ0v) is 17.4. The van der Waals surface area contributed by atoms with E-state index in [1.54, 1.807) is 24.3 Å². The van der Waals surface area contributed by atoms with Gasteiger partial charge in [-0.2, -0.15) is 0 Å². The van der Waals surface area contributed by atoms with E-state index in [0.29, 0.717) is 18.3 Å². The lowest BCUT2D eigenvalue weighted by Gasteiger charge is -2.27. The molecule has 0 amide bonds. The van der Waals surface area contributed by atoms with Crippen LogP contribution in [0.15, 0.2) is 53.4 Å². The highest BCUT2D eigenvalue weighted by molar-refractivity contribution is 9.08. The van der Waals surface area contributed by atoms with Gasteiger partial charge in [0.25, 0.3) is 0 Å². The molecule has 1 fully saturated rings. The summed E-state index contributed by atoms with van der Waals surface area (Å²) < 4.78 is 34.3. The van der Waals surface area contributed by atoms with Gasteiger partial charge in [-0.1, -0.05) is 46.3 Å². The van der Waals surface area contributed by atoms with Crippen molar-refractivity contribution in [3.05, 3.63) is 59.7 Å². The minimum absolute atomic E-state index is 0.218. The predicted octanol–water partition coefficient (Wildman–Crippen LogP) is 4.58. The fourth-order valence-electron chi connectivity index (χ4n) is 2.69. The number of ether oxygens (including phenoxy) is 1. The van der Waals surface area contributed by atoms with Gasteiger partial charge in [-0.3, -0.25) is 0 Å². The third-order valence-corrected chi connectivity index (χ3v) is 6.82. The number of halogens is 1. The molecule has 140 valence electrons. The summed E-state index contributed by atoms with van der Waals surface area (Å²) in [7, 11) is -3.67. The maximum Gasteiger partial charge on any atom is 0.241 e. The average Bonchev–Trinajstić information content (AvgIpc) is 3.44. The first-order valence-corrected chi connectivity index (χ1v) is 11.3. The highest BCUT2D eigenvalue weighted by Crippen LogP contribution is 2.30. The summed E-state index contributed by atoms with van der Waals surface area (Å²) >= 11 is 3.42. The molecule has 0 unspecified atom stereocenters. The molecule has 3 rings (SSSR count). The van der Waals surface area contributed by atoms with E-state index in [2.05, 4.69) is 20.7 Å². The van der Waals surface area contributed by atoms with E-state index in [-0.39, 0.29) is 4.90 Å². The van der Waals surface area contributed by atoms with Gasteiger partial charge in [-0.05, 0) is 55.9 Å². The van der Waals surface area contributed by atoms with E-state index in [4.69, 9.17) is 4.74 Å². The van der Waals surface area contributed by atoms with Crippen LogP contribution in [0.4, 0.5) is 0 Å².